The van der Waals surface area contributed by atoms with Crippen molar-refractivity contribution in [1.29, 1.82) is 0 Å². The Morgan fingerprint density at radius 1 is 1.07 bits per heavy atom. The summed E-state index contributed by atoms with van der Waals surface area (Å²) < 4.78 is 6.59. The molecule has 0 bridgehead atoms. The lowest BCUT2D eigenvalue weighted by atomic mass is 10.1. The number of nitrogens with zero attached hydrogens (tertiary/aromatic N) is 1. The fraction of sp³-hybridized carbons (Fsp3) is 0.364. The minimum absolute atomic E-state index is 0.122. The summed E-state index contributed by atoms with van der Waals surface area (Å²) in [6, 6.07) is 14.7. The minimum Gasteiger partial charge on any atom is -0.484 e. The maximum absolute atomic E-state index is 13.0. The van der Waals surface area contributed by atoms with Gasteiger partial charge in [-0.1, -0.05) is 52.7 Å². The minimum atomic E-state index is -0.540. The topological polar surface area (TPSA) is 58.6 Å². The predicted octanol–water partition coefficient (Wildman–Crippen LogP) is 4.08. The number of halogens is 1. The van der Waals surface area contributed by atoms with Gasteiger partial charge in [0.05, 0.1) is 0 Å². The number of ether oxygens (including phenoxy) is 1. The molecule has 0 fully saturated rings. The molecule has 2 aromatic rings. The second kappa shape index (κ2) is 10.9. The molecule has 2 amide bonds. The molecule has 1 N–H and O–H groups in total. The van der Waals surface area contributed by atoms with E-state index in [9.17, 15) is 9.59 Å². The number of benzene rings is 2. The van der Waals surface area contributed by atoms with Gasteiger partial charge in [-0.25, -0.2) is 0 Å². The zero-order valence-corrected chi connectivity index (χ0v) is 18.2. The van der Waals surface area contributed by atoms with Crippen molar-refractivity contribution in [3.63, 3.8) is 0 Å². The van der Waals surface area contributed by atoms with E-state index >= 15 is 0 Å². The van der Waals surface area contributed by atoms with E-state index in [1.165, 1.54) is 0 Å². The van der Waals surface area contributed by atoms with Crippen LogP contribution in [0, 0.1) is 6.92 Å². The van der Waals surface area contributed by atoms with E-state index in [4.69, 9.17) is 4.74 Å². The Hall–Kier alpha value is -2.34. The first-order valence-corrected chi connectivity index (χ1v) is 10.2. The summed E-state index contributed by atoms with van der Waals surface area (Å²) in [4.78, 5) is 27.1. The number of hydrogen-bond donors (Lipinski definition) is 1. The molecule has 0 saturated carbocycles. The molecule has 6 heteroatoms. The van der Waals surface area contributed by atoms with Gasteiger partial charge in [-0.15, -0.1) is 0 Å². The summed E-state index contributed by atoms with van der Waals surface area (Å²) in [5.74, 6) is 0.244. The van der Waals surface area contributed by atoms with Gasteiger partial charge in [0, 0.05) is 17.6 Å². The molecule has 2 aromatic carbocycles. The van der Waals surface area contributed by atoms with Gasteiger partial charge in [-0.2, -0.15) is 0 Å². The molecule has 0 spiro atoms. The molecule has 0 aromatic heterocycles. The first-order chi connectivity index (χ1) is 13.4. The molecule has 0 radical (unpaired) electrons. The Balaban J connectivity index is 2.16. The molecule has 0 aliphatic heterocycles. The van der Waals surface area contributed by atoms with Crippen LogP contribution >= 0.6 is 15.9 Å². The van der Waals surface area contributed by atoms with Crippen molar-refractivity contribution in [3.05, 3.63) is 64.1 Å². The number of likely N-dealkylation sites (N-methyl/N-ethyl adjacent to an activating group) is 1. The standard InChI is InChI=1S/C22H27BrN2O3/c1-4-20(22(27)24-5-2)25(14-17-8-6-16(3)7-9-17)21(26)15-28-19-12-10-18(23)11-13-19/h6-13,20H,4-5,14-15H2,1-3H3,(H,24,27). The van der Waals surface area contributed by atoms with Crippen LogP contribution in [0.5, 0.6) is 5.75 Å². The Bertz CT molecular complexity index is 775. The van der Waals surface area contributed by atoms with E-state index in [1.807, 2.05) is 57.2 Å². The lowest BCUT2D eigenvalue weighted by Gasteiger charge is -2.30. The maximum atomic E-state index is 13.0. The highest BCUT2D eigenvalue weighted by atomic mass is 79.9. The first kappa shape index (κ1) is 22.0. The second-order valence-electron chi connectivity index (χ2n) is 6.57. The number of hydrogen-bond acceptors (Lipinski definition) is 3. The molecule has 2 rings (SSSR count). The highest BCUT2D eigenvalue weighted by Crippen LogP contribution is 2.17. The quantitative estimate of drug-likeness (QED) is 0.630. The van der Waals surface area contributed by atoms with Crippen LogP contribution in [0.15, 0.2) is 53.0 Å². The Morgan fingerprint density at radius 3 is 2.29 bits per heavy atom. The third kappa shape index (κ3) is 6.37. The Kier molecular flexibility index (Phi) is 8.51. The summed E-state index contributed by atoms with van der Waals surface area (Å²) >= 11 is 3.37. The molecule has 1 atom stereocenters. The Morgan fingerprint density at radius 2 is 1.71 bits per heavy atom. The average Bonchev–Trinajstić information content (AvgIpc) is 2.69. The van der Waals surface area contributed by atoms with Crippen LogP contribution < -0.4 is 10.1 Å². The van der Waals surface area contributed by atoms with E-state index < -0.39 is 6.04 Å². The van der Waals surface area contributed by atoms with Crippen LogP contribution in [0.4, 0.5) is 0 Å². The van der Waals surface area contributed by atoms with Gasteiger partial charge in [-0.3, -0.25) is 9.59 Å². The number of nitrogens with one attached hydrogen (secondary N) is 1. The molecule has 0 saturated heterocycles. The van der Waals surface area contributed by atoms with E-state index in [2.05, 4.69) is 21.2 Å². The van der Waals surface area contributed by atoms with E-state index in [1.54, 1.807) is 17.0 Å². The summed E-state index contributed by atoms with van der Waals surface area (Å²) in [6.07, 6.45) is 0.529. The van der Waals surface area contributed by atoms with Crippen LogP contribution in [-0.2, 0) is 16.1 Å². The summed E-state index contributed by atoms with van der Waals surface area (Å²) in [5, 5.41) is 2.83. The van der Waals surface area contributed by atoms with Crippen LogP contribution in [0.1, 0.15) is 31.4 Å². The van der Waals surface area contributed by atoms with Gasteiger partial charge in [-0.05, 0) is 50.1 Å². The SMILES string of the molecule is CCNC(=O)C(CC)N(Cc1ccc(C)cc1)C(=O)COc1ccc(Br)cc1. The fourth-order valence-electron chi connectivity index (χ4n) is 2.86. The summed E-state index contributed by atoms with van der Waals surface area (Å²) in [6.45, 7) is 6.56. The molecule has 0 aliphatic carbocycles. The van der Waals surface area contributed by atoms with Crippen molar-refractivity contribution in [2.75, 3.05) is 13.2 Å². The second-order valence-corrected chi connectivity index (χ2v) is 7.48. The van der Waals surface area contributed by atoms with Crippen LogP contribution in [-0.4, -0.2) is 35.9 Å². The fourth-order valence-corrected chi connectivity index (χ4v) is 3.12. The summed E-state index contributed by atoms with van der Waals surface area (Å²) in [5.41, 5.74) is 2.13. The normalized spacial score (nSPS) is 11.6. The molecule has 0 aliphatic rings. The number of amides is 2. The molecule has 5 nitrogen and oxygen atoms in total. The smallest absolute Gasteiger partial charge is 0.261 e. The van der Waals surface area contributed by atoms with Crippen molar-refractivity contribution in [2.45, 2.75) is 39.8 Å². The van der Waals surface area contributed by atoms with Crippen molar-refractivity contribution >= 4 is 27.7 Å². The molecule has 150 valence electrons. The molecule has 28 heavy (non-hydrogen) atoms. The number of carbonyl (C=O) groups is 2. The van der Waals surface area contributed by atoms with Crippen LogP contribution in [0.25, 0.3) is 0 Å². The van der Waals surface area contributed by atoms with E-state index in [-0.39, 0.29) is 18.4 Å². The van der Waals surface area contributed by atoms with Crippen molar-refractivity contribution in [1.82, 2.24) is 10.2 Å². The van der Waals surface area contributed by atoms with Crippen molar-refractivity contribution in [2.24, 2.45) is 0 Å². The summed E-state index contributed by atoms with van der Waals surface area (Å²) in [7, 11) is 0. The Labute approximate surface area is 175 Å². The van der Waals surface area contributed by atoms with Crippen molar-refractivity contribution < 1.29 is 14.3 Å². The number of carbonyl (C=O) groups excluding carboxylic acids is 2. The van der Waals surface area contributed by atoms with Crippen LogP contribution in [0.3, 0.4) is 0 Å². The lowest BCUT2D eigenvalue weighted by molar-refractivity contribution is -0.142. The third-order valence-electron chi connectivity index (χ3n) is 4.39. The van der Waals surface area contributed by atoms with Gasteiger partial charge in [0.1, 0.15) is 11.8 Å². The maximum Gasteiger partial charge on any atom is 0.261 e. The monoisotopic (exact) mass is 446 g/mol. The zero-order valence-electron chi connectivity index (χ0n) is 16.6. The lowest BCUT2D eigenvalue weighted by Crippen LogP contribution is -2.50. The van der Waals surface area contributed by atoms with Gasteiger partial charge in [0.25, 0.3) is 5.91 Å². The van der Waals surface area contributed by atoms with Gasteiger partial charge in [0.15, 0.2) is 6.61 Å². The zero-order chi connectivity index (χ0) is 20.5. The van der Waals surface area contributed by atoms with E-state index in [0.29, 0.717) is 25.3 Å². The van der Waals surface area contributed by atoms with Crippen LogP contribution in [0.2, 0.25) is 0 Å². The molecule has 1 unspecified atom stereocenters. The number of aryl methyl sites for hydroxylation is 1. The third-order valence-corrected chi connectivity index (χ3v) is 4.92. The van der Waals surface area contributed by atoms with Gasteiger partial charge in [0.2, 0.25) is 5.91 Å². The van der Waals surface area contributed by atoms with Crippen molar-refractivity contribution in [3.8, 4) is 5.75 Å². The molecular weight excluding hydrogens is 420 g/mol. The first-order valence-electron chi connectivity index (χ1n) is 9.45. The predicted molar refractivity (Wildman–Crippen MR) is 114 cm³/mol. The average molecular weight is 447 g/mol. The molecular formula is C22H27BrN2O3. The number of rotatable bonds is 9. The van der Waals surface area contributed by atoms with E-state index in [0.717, 1.165) is 15.6 Å². The highest BCUT2D eigenvalue weighted by Gasteiger charge is 2.28. The highest BCUT2D eigenvalue weighted by molar-refractivity contribution is 9.10. The molecule has 0 heterocycles. The largest absolute Gasteiger partial charge is 0.484 e. The van der Waals surface area contributed by atoms with Gasteiger partial charge < -0.3 is 15.0 Å². The van der Waals surface area contributed by atoms with Gasteiger partial charge >= 0.3 is 0 Å².